The zero-order chi connectivity index (χ0) is 17.6. The lowest BCUT2D eigenvalue weighted by molar-refractivity contribution is 0.188. The molecule has 6 heteroatoms. The maximum absolute atomic E-state index is 12.3. The summed E-state index contributed by atoms with van der Waals surface area (Å²) in [4.78, 5) is 12.3. The highest BCUT2D eigenvalue weighted by molar-refractivity contribution is 6.31. The third kappa shape index (κ3) is 4.13. The van der Waals surface area contributed by atoms with Crippen LogP contribution >= 0.6 is 11.6 Å². The second-order valence-corrected chi connectivity index (χ2v) is 6.05. The predicted molar refractivity (Wildman–Crippen MR) is 101 cm³/mol. The number of amides is 2. The van der Waals surface area contributed by atoms with Gasteiger partial charge >= 0.3 is 6.03 Å². The van der Waals surface area contributed by atoms with E-state index < -0.39 is 0 Å². The molecular weight excluding hydrogens is 338 g/mol. The van der Waals surface area contributed by atoms with Crippen molar-refractivity contribution in [2.75, 3.05) is 19.0 Å². The summed E-state index contributed by atoms with van der Waals surface area (Å²) < 4.78 is 7.22. The van der Waals surface area contributed by atoms with E-state index in [4.69, 9.17) is 16.3 Å². The van der Waals surface area contributed by atoms with Gasteiger partial charge in [-0.1, -0.05) is 48.0 Å². The number of hydrogen-bond acceptors (Lipinski definition) is 2. The largest absolute Gasteiger partial charge is 0.383 e. The second-order valence-electron chi connectivity index (χ2n) is 5.65. The smallest absolute Gasteiger partial charge is 0.319 e. The van der Waals surface area contributed by atoms with Crippen LogP contribution in [-0.2, 0) is 17.8 Å². The van der Waals surface area contributed by atoms with Crippen molar-refractivity contribution in [2.45, 2.75) is 13.1 Å². The number of halogens is 1. The summed E-state index contributed by atoms with van der Waals surface area (Å²) in [5.74, 6) is 0. The van der Waals surface area contributed by atoms with Gasteiger partial charge in [0.1, 0.15) is 0 Å². The van der Waals surface area contributed by atoms with Gasteiger partial charge in [0.2, 0.25) is 0 Å². The van der Waals surface area contributed by atoms with E-state index in [0.717, 1.165) is 28.7 Å². The van der Waals surface area contributed by atoms with Crippen LogP contribution in [0.25, 0.3) is 10.9 Å². The summed E-state index contributed by atoms with van der Waals surface area (Å²) in [6.45, 7) is 1.70. The first-order valence-corrected chi connectivity index (χ1v) is 8.42. The molecule has 0 saturated carbocycles. The molecule has 3 aromatic rings. The molecule has 0 aliphatic rings. The molecule has 0 aliphatic heterocycles. The molecule has 0 fully saturated rings. The Kier molecular flexibility index (Phi) is 5.58. The summed E-state index contributed by atoms with van der Waals surface area (Å²) in [7, 11) is 1.67. The molecule has 1 heterocycles. The number of carbonyl (C=O) groups excluding carboxylic acids is 1. The van der Waals surface area contributed by atoms with Crippen molar-refractivity contribution in [1.82, 2.24) is 9.88 Å². The molecule has 2 N–H and O–H groups in total. The number of methoxy groups -OCH3 is 1. The minimum Gasteiger partial charge on any atom is -0.383 e. The van der Waals surface area contributed by atoms with Crippen LogP contribution in [0.1, 0.15) is 5.56 Å². The van der Waals surface area contributed by atoms with Crippen molar-refractivity contribution < 1.29 is 9.53 Å². The molecule has 2 amide bonds. The molecule has 0 unspecified atom stereocenters. The van der Waals surface area contributed by atoms with E-state index >= 15 is 0 Å². The van der Waals surface area contributed by atoms with Gasteiger partial charge in [0, 0.05) is 36.8 Å². The highest BCUT2D eigenvalue weighted by atomic mass is 35.5. The van der Waals surface area contributed by atoms with Crippen molar-refractivity contribution >= 4 is 34.2 Å². The maximum Gasteiger partial charge on any atom is 0.319 e. The van der Waals surface area contributed by atoms with E-state index in [1.54, 1.807) is 13.2 Å². The average Bonchev–Trinajstić information content (AvgIpc) is 2.97. The molecule has 1 aromatic heterocycles. The van der Waals surface area contributed by atoms with Crippen molar-refractivity contribution in [2.24, 2.45) is 0 Å². The van der Waals surface area contributed by atoms with Gasteiger partial charge in [0.05, 0.1) is 17.8 Å². The van der Waals surface area contributed by atoms with Crippen LogP contribution in [0.5, 0.6) is 0 Å². The Balaban J connectivity index is 1.71. The zero-order valence-corrected chi connectivity index (χ0v) is 14.7. The molecule has 0 aliphatic carbocycles. The minimum atomic E-state index is -0.269. The molecule has 0 spiro atoms. The second kappa shape index (κ2) is 8.05. The van der Waals surface area contributed by atoms with Crippen molar-refractivity contribution in [3.05, 3.63) is 65.3 Å². The minimum absolute atomic E-state index is 0.269. The van der Waals surface area contributed by atoms with Crippen LogP contribution in [0.2, 0.25) is 5.02 Å². The lowest BCUT2D eigenvalue weighted by Crippen LogP contribution is -2.28. The molecule has 0 atom stereocenters. The van der Waals surface area contributed by atoms with E-state index in [0.29, 0.717) is 18.2 Å². The molecule has 2 aromatic carbocycles. The van der Waals surface area contributed by atoms with E-state index in [1.165, 1.54) is 0 Å². The van der Waals surface area contributed by atoms with Gasteiger partial charge < -0.3 is 19.9 Å². The van der Waals surface area contributed by atoms with Crippen LogP contribution < -0.4 is 10.6 Å². The normalized spacial score (nSPS) is 10.8. The van der Waals surface area contributed by atoms with Crippen molar-refractivity contribution in [3.8, 4) is 0 Å². The summed E-state index contributed by atoms with van der Waals surface area (Å²) in [5.41, 5.74) is 2.70. The van der Waals surface area contributed by atoms with Crippen LogP contribution in [0.4, 0.5) is 10.5 Å². The van der Waals surface area contributed by atoms with Gasteiger partial charge in [0.15, 0.2) is 0 Å². The average molecular weight is 358 g/mol. The van der Waals surface area contributed by atoms with Crippen LogP contribution in [0.3, 0.4) is 0 Å². The topological polar surface area (TPSA) is 55.3 Å². The SMILES string of the molecule is COCCn1cc(NC(=O)NCc2ccccc2Cl)c2ccccc21. The number of nitrogens with zero attached hydrogens (tertiary/aromatic N) is 1. The molecule has 0 saturated heterocycles. The number of urea groups is 1. The van der Waals surface area contributed by atoms with Gasteiger partial charge in [-0.2, -0.15) is 0 Å². The number of carbonyl (C=O) groups is 1. The number of hydrogen-bond donors (Lipinski definition) is 2. The number of rotatable bonds is 6. The zero-order valence-electron chi connectivity index (χ0n) is 14.0. The van der Waals surface area contributed by atoms with Crippen molar-refractivity contribution in [3.63, 3.8) is 0 Å². The lowest BCUT2D eigenvalue weighted by Gasteiger charge is -2.08. The van der Waals surface area contributed by atoms with Crippen LogP contribution in [0, 0.1) is 0 Å². The summed E-state index contributed by atoms with van der Waals surface area (Å²) >= 11 is 6.11. The number of para-hydroxylation sites is 1. The first-order valence-electron chi connectivity index (χ1n) is 8.04. The Morgan fingerprint density at radius 2 is 1.92 bits per heavy atom. The number of anilines is 1. The summed E-state index contributed by atoms with van der Waals surface area (Å²) in [5, 5.41) is 7.38. The summed E-state index contributed by atoms with van der Waals surface area (Å²) in [6.07, 6.45) is 1.93. The van der Waals surface area contributed by atoms with E-state index in [9.17, 15) is 4.79 Å². The number of benzene rings is 2. The fraction of sp³-hybridized carbons (Fsp3) is 0.211. The maximum atomic E-state index is 12.3. The molecular formula is C19H20ClN3O2. The first-order chi connectivity index (χ1) is 12.2. The molecule has 3 rings (SSSR count). The van der Waals surface area contributed by atoms with E-state index in [-0.39, 0.29) is 6.03 Å². The van der Waals surface area contributed by atoms with Crippen LogP contribution in [0.15, 0.2) is 54.7 Å². The van der Waals surface area contributed by atoms with Crippen molar-refractivity contribution in [1.29, 1.82) is 0 Å². The molecule has 130 valence electrons. The Morgan fingerprint density at radius 3 is 2.72 bits per heavy atom. The third-order valence-corrected chi connectivity index (χ3v) is 4.34. The van der Waals surface area contributed by atoms with Gasteiger partial charge in [0.25, 0.3) is 0 Å². The monoisotopic (exact) mass is 357 g/mol. The van der Waals surface area contributed by atoms with E-state index in [1.807, 2.05) is 48.7 Å². The molecule has 5 nitrogen and oxygen atoms in total. The fourth-order valence-electron chi connectivity index (χ4n) is 2.70. The Hall–Kier alpha value is -2.50. The fourth-order valence-corrected chi connectivity index (χ4v) is 2.91. The number of nitrogens with one attached hydrogen (secondary N) is 2. The highest BCUT2D eigenvalue weighted by Crippen LogP contribution is 2.25. The first kappa shape index (κ1) is 17.3. The Labute approximate surface area is 151 Å². The number of ether oxygens (including phenoxy) is 1. The predicted octanol–water partition coefficient (Wildman–Crippen LogP) is 4.26. The lowest BCUT2D eigenvalue weighted by atomic mass is 10.2. The van der Waals surface area contributed by atoms with E-state index in [2.05, 4.69) is 15.2 Å². The van der Waals surface area contributed by atoms with Gasteiger partial charge in [-0.05, 0) is 17.7 Å². The number of fused-ring (bicyclic) bond motifs is 1. The highest BCUT2D eigenvalue weighted by Gasteiger charge is 2.11. The third-order valence-electron chi connectivity index (χ3n) is 3.97. The Morgan fingerprint density at radius 1 is 1.16 bits per heavy atom. The Bertz CT molecular complexity index is 876. The molecule has 0 bridgehead atoms. The van der Waals surface area contributed by atoms with Crippen LogP contribution in [-0.4, -0.2) is 24.3 Å². The molecule has 0 radical (unpaired) electrons. The summed E-state index contributed by atoms with van der Waals surface area (Å²) in [6, 6.07) is 15.1. The van der Waals surface area contributed by atoms with Gasteiger partial charge in [-0.3, -0.25) is 0 Å². The quantitative estimate of drug-likeness (QED) is 0.692. The van der Waals surface area contributed by atoms with Gasteiger partial charge in [-0.15, -0.1) is 0 Å². The molecule has 25 heavy (non-hydrogen) atoms. The standard InChI is InChI=1S/C19H20ClN3O2/c1-25-11-10-23-13-17(15-7-3-5-9-18(15)23)22-19(24)21-12-14-6-2-4-8-16(14)20/h2-9,13H,10-12H2,1H3,(H2,21,22,24). The van der Waals surface area contributed by atoms with Gasteiger partial charge in [-0.25, -0.2) is 4.79 Å². The number of aromatic nitrogens is 1.